The zero-order valence-corrected chi connectivity index (χ0v) is 22.4. The van der Waals surface area contributed by atoms with E-state index in [-0.39, 0.29) is 16.9 Å². The van der Waals surface area contributed by atoms with Crippen LogP contribution in [0.15, 0.2) is 83.8 Å². The summed E-state index contributed by atoms with van der Waals surface area (Å²) in [5.41, 5.74) is 3.27. The van der Waals surface area contributed by atoms with Gasteiger partial charge >= 0.3 is 0 Å². The van der Waals surface area contributed by atoms with Gasteiger partial charge < -0.3 is 9.64 Å². The fourth-order valence-electron chi connectivity index (χ4n) is 5.05. The molecule has 3 aromatic carbocycles. The molecule has 0 aromatic heterocycles. The molecule has 37 heavy (non-hydrogen) atoms. The summed E-state index contributed by atoms with van der Waals surface area (Å²) in [6.45, 7) is 3.41. The van der Waals surface area contributed by atoms with Crippen LogP contribution < -0.4 is 4.74 Å². The van der Waals surface area contributed by atoms with Crippen LogP contribution >= 0.6 is 0 Å². The summed E-state index contributed by atoms with van der Waals surface area (Å²) in [7, 11) is -2.19. The molecule has 0 bridgehead atoms. The molecular weight excluding hydrogens is 484 g/mol. The standard InChI is InChI=1S/C30H36N2O4S/c1-24-11-13-26(14-12-24)20-31(23-33)28-17-15-27(16-18-28)22-32(21-25-7-4-3-5-8-25)37(34,35)30-10-6-9-29(19-30)36-2/h3-14,19,23,27-28H,15-18,20-22H2,1-2H3. The summed E-state index contributed by atoms with van der Waals surface area (Å²) >= 11 is 0. The number of aryl methyl sites for hydroxylation is 1. The third-order valence-electron chi connectivity index (χ3n) is 7.25. The molecule has 3 aromatic rings. The van der Waals surface area contributed by atoms with Gasteiger partial charge in [0.1, 0.15) is 5.75 Å². The van der Waals surface area contributed by atoms with E-state index in [4.69, 9.17) is 4.74 Å². The van der Waals surface area contributed by atoms with E-state index in [1.165, 1.54) is 12.7 Å². The van der Waals surface area contributed by atoms with E-state index in [1.807, 2.05) is 35.2 Å². The Hall–Kier alpha value is -3.16. The minimum Gasteiger partial charge on any atom is -0.497 e. The van der Waals surface area contributed by atoms with Crippen LogP contribution in [-0.4, -0.2) is 43.7 Å². The number of hydrogen-bond donors (Lipinski definition) is 0. The van der Waals surface area contributed by atoms with E-state index in [1.54, 1.807) is 28.6 Å². The summed E-state index contributed by atoms with van der Waals surface area (Å²) in [6.07, 6.45) is 4.45. The second kappa shape index (κ2) is 12.4. The van der Waals surface area contributed by atoms with Crippen molar-refractivity contribution in [3.8, 4) is 5.75 Å². The highest BCUT2D eigenvalue weighted by Crippen LogP contribution is 2.31. The molecule has 1 fully saturated rings. The molecule has 1 saturated carbocycles. The van der Waals surface area contributed by atoms with Gasteiger partial charge in [-0.05, 0) is 61.8 Å². The second-order valence-corrected chi connectivity index (χ2v) is 11.8. The average molecular weight is 521 g/mol. The number of sulfonamides is 1. The fourth-order valence-corrected chi connectivity index (χ4v) is 6.59. The highest BCUT2D eigenvalue weighted by molar-refractivity contribution is 7.89. The topological polar surface area (TPSA) is 66.9 Å². The number of benzene rings is 3. The maximum absolute atomic E-state index is 13.7. The molecule has 0 saturated heterocycles. The number of amides is 1. The van der Waals surface area contributed by atoms with Crippen molar-refractivity contribution in [3.63, 3.8) is 0 Å². The van der Waals surface area contributed by atoms with Gasteiger partial charge in [0, 0.05) is 31.7 Å². The van der Waals surface area contributed by atoms with Gasteiger partial charge in [0.25, 0.3) is 0 Å². The van der Waals surface area contributed by atoms with E-state index in [0.717, 1.165) is 43.2 Å². The van der Waals surface area contributed by atoms with Crippen LogP contribution in [0.25, 0.3) is 0 Å². The van der Waals surface area contributed by atoms with Gasteiger partial charge in [-0.25, -0.2) is 8.42 Å². The van der Waals surface area contributed by atoms with E-state index in [9.17, 15) is 13.2 Å². The van der Waals surface area contributed by atoms with Crippen LogP contribution in [0.5, 0.6) is 5.75 Å². The zero-order chi connectivity index (χ0) is 26.3. The van der Waals surface area contributed by atoms with Crippen molar-refractivity contribution >= 4 is 16.4 Å². The predicted molar refractivity (Wildman–Crippen MR) is 146 cm³/mol. The monoisotopic (exact) mass is 520 g/mol. The number of hydrogen-bond acceptors (Lipinski definition) is 4. The molecule has 7 heteroatoms. The van der Waals surface area contributed by atoms with Crippen molar-refractivity contribution in [1.82, 2.24) is 9.21 Å². The van der Waals surface area contributed by atoms with E-state index in [0.29, 0.717) is 25.4 Å². The SMILES string of the molecule is COc1cccc(S(=O)(=O)N(Cc2ccccc2)CC2CCC(N(C=O)Cc3ccc(C)cc3)CC2)c1. The van der Waals surface area contributed by atoms with Crippen molar-refractivity contribution in [2.24, 2.45) is 5.92 Å². The Balaban J connectivity index is 1.45. The normalized spacial score (nSPS) is 17.9. The highest BCUT2D eigenvalue weighted by atomic mass is 32.2. The lowest BCUT2D eigenvalue weighted by Gasteiger charge is -2.36. The molecule has 0 heterocycles. The van der Waals surface area contributed by atoms with E-state index < -0.39 is 10.0 Å². The first kappa shape index (κ1) is 26.9. The van der Waals surface area contributed by atoms with Crippen LogP contribution in [0.1, 0.15) is 42.4 Å². The van der Waals surface area contributed by atoms with Crippen molar-refractivity contribution < 1.29 is 17.9 Å². The zero-order valence-electron chi connectivity index (χ0n) is 21.6. The van der Waals surface area contributed by atoms with Crippen LogP contribution in [0, 0.1) is 12.8 Å². The number of rotatable bonds is 11. The summed E-state index contributed by atoms with van der Waals surface area (Å²) < 4.78 is 34.4. The molecule has 0 N–H and O–H groups in total. The van der Waals surface area contributed by atoms with Crippen LogP contribution in [-0.2, 0) is 27.9 Å². The maximum atomic E-state index is 13.7. The number of carbonyl (C=O) groups is 1. The smallest absolute Gasteiger partial charge is 0.243 e. The van der Waals surface area contributed by atoms with Crippen molar-refractivity contribution in [1.29, 1.82) is 0 Å². The van der Waals surface area contributed by atoms with E-state index in [2.05, 4.69) is 31.2 Å². The first-order valence-corrected chi connectivity index (χ1v) is 14.3. The predicted octanol–water partition coefficient (Wildman–Crippen LogP) is 5.41. The van der Waals surface area contributed by atoms with E-state index >= 15 is 0 Å². The van der Waals surface area contributed by atoms with Crippen LogP contribution in [0.4, 0.5) is 0 Å². The molecular formula is C30H36N2O4S. The molecule has 4 rings (SSSR count). The first-order valence-electron chi connectivity index (χ1n) is 12.8. The Morgan fingerprint density at radius 1 is 0.865 bits per heavy atom. The summed E-state index contributed by atoms with van der Waals surface area (Å²) in [4.78, 5) is 14.0. The van der Waals surface area contributed by atoms with Crippen molar-refractivity contribution in [2.45, 2.75) is 56.6 Å². The number of carbonyl (C=O) groups excluding carboxylic acids is 1. The number of nitrogens with zero attached hydrogens (tertiary/aromatic N) is 2. The third-order valence-corrected chi connectivity index (χ3v) is 9.06. The fraction of sp³-hybridized carbons (Fsp3) is 0.367. The molecule has 1 aliphatic carbocycles. The molecule has 1 aliphatic rings. The Morgan fingerprint density at radius 3 is 2.19 bits per heavy atom. The first-order chi connectivity index (χ1) is 17.9. The van der Waals surface area contributed by atoms with Gasteiger partial charge in [-0.15, -0.1) is 0 Å². The Labute approximate surface area is 220 Å². The Morgan fingerprint density at radius 2 is 1.54 bits per heavy atom. The molecule has 0 atom stereocenters. The number of ether oxygens (including phenoxy) is 1. The van der Waals surface area contributed by atoms with Crippen LogP contribution in [0.2, 0.25) is 0 Å². The minimum absolute atomic E-state index is 0.174. The van der Waals surface area contributed by atoms with Crippen molar-refractivity contribution in [2.75, 3.05) is 13.7 Å². The lowest BCUT2D eigenvalue weighted by Crippen LogP contribution is -2.40. The maximum Gasteiger partial charge on any atom is 0.243 e. The molecule has 196 valence electrons. The highest BCUT2D eigenvalue weighted by Gasteiger charge is 2.31. The molecule has 1 amide bonds. The number of methoxy groups -OCH3 is 1. The summed E-state index contributed by atoms with van der Waals surface area (Å²) in [5, 5.41) is 0. The van der Waals surface area contributed by atoms with Crippen molar-refractivity contribution in [3.05, 3.63) is 95.6 Å². The average Bonchev–Trinajstić information content (AvgIpc) is 2.93. The van der Waals surface area contributed by atoms with Gasteiger partial charge in [-0.2, -0.15) is 4.31 Å². The molecule has 0 spiro atoms. The summed E-state index contributed by atoms with van der Waals surface area (Å²) in [6, 6.07) is 24.8. The third kappa shape index (κ3) is 6.99. The largest absolute Gasteiger partial charge is 0.497 e. The van der Waals surface area contributed by atoms with Gasteiger partial charge in [0.15, 0.2) is 0 Å². The molecule has 0 radical (unpaired) electrons. The minimum atomic E-state index is -3.72. The second-order valence-electron chi connectivity index (χ2n) is 9.90. The van der Waals surface area contributed by atoms with Crippen LogP contribution in [0.3, 0.4) is 0 Å². The Bertz CT molecular complexity index is 1250. The lowest BCUT2D eigenvalue weighted by atomic mass is 9.85. The quantitative estimate of drug-likeness (QED) is 0.317. The van der Waals surface area contributed by atoms with Gasteiger partial charge in [0.05, 0.1) is 12.0 Å². The molecule has 0 aliphatic heterocycles. The summed E-state index contributed by atoms with van der Waals surface area (Å²) in [5.74, 6) is 0.747. The lowest BCUT2D eigenvalue weighted by molar-refractivity contribution is -0.121. The van der Waals surface area contributed by atoms with Gasteiger partial charge in [-0.1, -0.05) is 66.2 Å². The molecule has 6 nitrogen and oxygen atoms in total. The van der Waals surface area contributed by atoms with Gasteiger partial charge in [0.2, 0.25) is 16.4 Å². The molecule has 0 unspecified atom stereocenters. The van der Waals surface area contributed by atoms with Gasteiger partial charge in [-0.3, -0.25) is 4.79 Å². The Kier molecular flexibility index (Phi) is 9.00.